The van der Waals surface area contributed by atoms with Gasteiger partial charge in [0.1, 0.15) is 6.04 Å². The van der Waals surface area contributed by atoms with Crippen LogP contribution in [0.2, 0.25) is 0 Å². The third-order valence-corrected chi connectivity index (χ3v) is 3.52. The minimum Gasteiger partial charge on any atom is -0.480 e. The van der Waals surface area contributed by atoms with Crippen molar-refractivity contribution >= 4 is 23.6 Å². The third kappa shape index (κ3) is 4.11. The van der Waals surface area contributed by atoms with E-state index in [4.69, 9.17) is 5.11 Å². The van der Waals surface area contributed by atoms with Crippen LogP contribution in [-0.4, -0.2) is 34.5 Å². The molecule has 4 nitrogen and oxygen atoms in total. The Labute approximate surface area is 93.8 Å². The predicted molar refractivity (Wildman–Crippen MR) is 59.9 cm³/mol. The SMILES string of the molecule is CSC(C)C(=O)NC(CC1CC1)C(=O)O. The second-order valence-electron chi connectivity index (χ2n) is 3.96. The first-order valence-electron chi connectivity index (χ1n) is 5.10. The van der Waals surface area contributed by atoms with Crippen molar-refractivity contribution in [1.29, 1.82) is 0 Å². The van der Waals surface area contributed by atoms with Gasteiger partial charge in [-0.2, -0.15) is 11.8 Å². The summed E-state index contributed by atoms with van der Waals surface area (Å²) in [5.74, 6) is -0.616. The molecule has 0 aromatic heterocycles. The molecule has 1 aliphatic rings. The summed E-state index contributed by atoms with van der Waals surface area (Å²) in [7, 11) is 0. The lowest BCUT2D eigenvalue weighted by atomic mass is 10.1. The number of amides is 1. The van der Waals surface area contributed by atoms with Crippen LogP contribution in [0.15, 0.2) is 0 Å². The number of carbonyl (C=O) groups is 2. The fourth-order valence-corrected chi connectivity index (χ4v) is 1.59. The van der Waals surface area contributed by atoms with E-state index in [2.05, 4.69) is 5.32 Å². The van der Waals surface area contributed by atoms with E-state index in [0.717, 1.165) is 12.8 Å². The van der Waals surface area contributed by atoms with Crippen LogP contribution in [0, 0.1) is 5.92 Å². The summed E-state index contributed by atoms with van der Waals surface area (Å²) in [6.45, 7) is 1.77. The highest BCUT2D eigenvalue weighted by Gasteiger charge is 2.30. The minimum atomic E-state index is -0.927. The fraction of sp³-hybridized carbons (Fsp3) is 0.800. The molecule has 86 valence electrons. The number of rotatable bonds is 6. The molecule has 1 rings (SSSR count). The van der Waals surface area contributed by atoms with Crippen molar-refractivity contribution in [2.45, 2.75) is 37.5 Å². The van der Waals surface area contributed by atoms with Crippen molar-refractivity contribution in [2.24, 2.45) is 5.92 Å². The van der Waals surface area contributed by atoms with Gasteiger partial charge in [-0.1, -0.05) is 12.8 Å². The van der Waals surface area contributed by atoms with Crippen LogP contribution >= 0.6 is 11.8 Å². The molecule has 0 aromatic rings. The van der Waals surface area contributed by atoms with Gasteiger partial charge in [0, 0.05) is 0 Å². The zero-order valence-corrected chi connectivity index (χ0v) is 9.84. The summed E-state index contributed by atoms with van der Waals surface area (Å²) in [6, 6.07) is -0.709. The summed E-state index contributed by atoms with van der Waals surface area (Å²) in [6.07, 6.45) is 4.60. The number of aliphatic carboxylic acids is 1. The van der Waals surface area contributed by atoms with Crippen molar-refractivity contribution in [1.82, 2.24) is 5.32 Å². The molecule has 15 heavy (non-hydrogen) atoms. The lowest BCUT2D eigenvalue weighted by Crippen LogP contribution is -2.44. The van der Waals surface area contributed by atoms with Crippen molar-refractivity contribution < 1.29 is 14.7 Å². The molecular weight excluding hydrogens is 214 g/mol. The largest absolute Gasteiger partial charge is 0.480 e. The smallest absolute Gasteiger partial charge is 0.326 e. The molecular formula is C10H17NO3S. The van der Waals surface area contributed by atoms with Crippen LogP contribution in [0.3, 0.4) is 0 Å². The van der Waals surface area contributed by atoms with Crippen LogP contribution in [0.5, 0.6) is 0 Å². The summed E-state index contributed by atoms with van der Waals surface area (Å²) in [5, 5.41) is 11.3. The Bertz CT molecular complexity index is 253. The molecule has 1 amide bonds. The zero-order valence-electron chi connectivity index (χ0n) is 9.03. The van der Waals surface area contributed by atoms with Gasteiger partial charge in [-0.3, -0.25) is 4.79 Å². The maximum absolute atomic E-state index is 11.5. The Kier molecular flexibility index (Phi) is 4.45. The van der Waals surface area contributed by atoms with Gasteiger partial charge in [0.25, 0.3) is 0 Å². The first-order chi connectivity index (χ1) is 7.04. The Balaban J connectivity index is 2.42. The predicted octanol–water partition coefficient (Wildman–Crippen LogP) is 1.11. The second kappa shape index (κ2) is 5.39. The van der Waals surface area contributed by atoms with Gasteiger partial charge in [-0.15, -0.1) is 0 Å². The molecule has 0 spiro atoms. The molecule has 5 heteroatoms. The summed E-state index contributed by atoms with van der Waals surface area (Å²) in [5.41, 5.74) is 0. The maximum Gasteiger partial charge on any atom is 0.326 e. The molecule has 2 unspecified atom stereocenters. The summed E-state index contributed by atoms with van der Waals surface area (Å²) in [4.78, 5) is 22.4. The number of carboxylic acid groups (broad SMARTS) is 1. The molecule has 1 aliphatic carbocycles. The molecule has 0 aromatic carbocycles. The number of hydrogen-bond donors (Lipinski definition) is 2. The monoisotopic (exact) mass is 231 g/mol. The van der Waals surface area contributed by atoms with Gasteiger partial charge in [0.2, 0.25) is 5.91 Å². The van der Waals surface area contributed by atoms with Gasteiger partial charge in [-0.25, -0.2) is 4.79 Å². The van der Waals surface area contributed by atoms with E-state index in [1.807, 2.05) is 6.26 Å². The molecule has 2 atom stereocenters. The van der Waals surface area contributed by atoms with Gasteiger partial charge < -0.3 is 10.4 Å². The van der Waals surface area contributed by atoms with E-state index in [-0.39, 0.29) is 11.2 Å². The molecule has 1 fully saturated rings. The van der Waals surface area contributed by atoms with E-state index >= 15 is 0 Å². The molecule has 0 heterocycles. The number of nitrogens with one attached hydrogen (secondary N) is 1. The first-order valence-corrected chi connectivity index (χ1v) is 6.39. The number of thioether (sulfide) groups is 1. The maximum atomic E-state index is 11.5. The van der Waals surface area contributed by atoms with E-state index in [1.165, 1.54) is 11.8 Å². The van der Waals surface area contributed by atoms with Crippen LogP contribution in [0.1, 0.15) is 26.2 Å². The number of carbonyl (C=O) groups excluding carboxylic acids is 1. The molecule has 0 bridgehead atoms. The quantitative estimate of drug-likeness (QED) is 0.718. The van der Waals surface area contributed by atoms with E-state index in [1.54, 1.807) is 6.92 Å². The van der Waals surface area contributed by atoms with Gasteiger partial charge in [0.05, 0.1) is 5.25 Å². The minimum absolute atomic E-state index is 0.185. The van der Waals surface area contributed by atoms with Crippen LogP contribution in [0.25, 0.3) is 0 Å². The van der Waals surface area contributed by atoms with Crippen molar-refractivity contribution in [2.75, 3.05) is 6.26 Å². The van der Waals surface area contributed by atoms with Gasteiger partial charge >= 0.3 is 5.97 Å². The van der Waals surface area contributed by atoms with Gasteiger partial charge in [0.15, 0.2) is 0 Å². The number of hydrogen-bond acceptors (Lipinski definition) is 3. The molecule has 1 saturated carbocycles. The lowest BCUT2D eigenvalue weighted by molar-refractivity contribution is -0.142. The summed E-state index contributed by atoms with van der Waals surface area (Å²) < 4.78 is 0. The fourth-order valence-electron chi connectivity index (χ4n) is 1.30. The Hall–Kier alpha value is -0.710. The lowest BCUT2D eigenvalue weighted by Gasteiger charge is -2.16. The van der Waals surface area contributed by atoms with E-state index < -0.39 is 12.0 Å². The average molecular weight is 231 g/mol. The second-order valence-corrected chi connectivity index (χ2v) is 5.13. The van der Waals surface area contributed by atoms with E-state index in [0.29, 0.717) is 12.3 Å². The summed E-state index contributed by atoms with van der Waals surface area (Å²) >= 11 is 1.42. The number of carboxylic acids is 1. The van der Waals surface area contributed by atoms with Gasteiger partial charge in [-0.05, 0) is 25.5 Å². The highest BCUT2D eigenvalue weighted by atomic mass is 32.2. The topological polar surface area (TPSA) is 66.4 Å². The Morgan fingerprint density at radius 3 is 2.53 bits per heavy atom. The molecule has 0 radical (unpaired) electrons. The van der Waals surface area contributed by atoms with E-state index in [9.17, 15) is 9.59 Å². The van der Waals surface area contributed by atoms with Crippen molar-refractivity contribution in [3.8, 4) is 0 Å². The standard InChI is InChI=1S/C10H17NO3S/c1-6(15-2)9(12)11-8(10(13)14)5-7-3-4-7/h6-8H,3-5H2,1-2H3,(H,11,12)(H,13,14). The third-order valence-electron chi connectivity index (χ3n) is 2.60. The van der Waals surface area contributed by atoms with Crippen LogP contribution < -0.4 is 5.32 Å². The Morgan fingerprint density at radius 1 is 1.53 bits per heavy atom. The first kappa shape index (κ1) is 12.4. The highest BCUT2D eigenvalue weighted by Crippen LogP contribution is 2.33. The zero-order chi connectivity index (χ0) is 11.4. The normalized spacial score (nSPS) is 19.3. The average Bonchev–Trinajstić information content (AvgIpc) is 2.99. The van der Waals surface area contributed by atoms with Crippen molar-refractivity contribution in [3.05, 3.63) is 0 Å². The highest BCUT2D eigenvalue weighted by molar-refractivity contribution is 7.99. The molecule has 0 saturated heterocycles. The molecule has 0 aliphatic heterocycles. The van der Waals surface area contributed by atoms with Crippen LogP contribution in [-0.2, 0) is 9.59 Å². The Morgan fingerprint density at radius 2 is 2.13 bits per heavy atom. The van der Waals surface area contributed by atoms with Crippen molar-refractivity contribution in [3.63, 3.8) is 0 Å². The molecule has 2 N–H and O–H groups in total. The van der Waals surface area contributed by atoms with Crippen LogP contribution in [0.4, 0.5) is 0 Å².